The summed E-state index contributed by atoms with van der Waals surface area (Å²) >= 11 is 3.56. The van der Waals surface area contributed by atoms with Crippen molar-refractivity contribution >= 4 is 21.8 Å². The molecule has 1 aliphatic rings. The number of carbonyl (C=O) groups is 1. The molecule has 3 nitrogen and oxygen atoms in total. The van der Waals surface area contributed by atoms with Gasteiger partial charge in [0.15, 0.2) is 0 Å². The number of aryl methyl sites for hydroxylation is 1. The number of piperidine rings is 1. The van der Waals surface area contributed by atoms with E-state index in [9.17, 15) is 4.79 Å². The molecular formula is C17H25BrN2O. The molecule has 0 radical (unpaired) electrons. The minimum Gasteiger partial charge on any atom is -0.336 e. The number of rotatable bonds is 4. The highest BCUT2D eigenvalue weighted by atomic mass is 79.9. The molecule has 21 heavy (non-hydrogen) atoms. The van der Waals surface area contributed by atoms with Gasteiger partial charge in [-0.25, -0.2) is 0 Å². The van der Waals surface area contributed by atoms with Gasteiger partial charge in [0, 0.05) is 17.1 Å². The Hall–Kier alpha value is -0.870. The highest BCUT2D eigenvalue weighted by molar-refractivity contribution is 9.10. The standard InChI is InChI=1S/C17H25BrN2O/c1-12(2)20(11-14-7-5-9-19-10-14)17(21)15-8-4-6-13(3)16(15)18/h4,6,8,12,14,19H,5,7,9-11H2,1-3H3. The van der Waals surface area contributed by atoms with Gasteiger partial charge in [-0.3, -0.25) is 4.79 Å². The molecule has 1 atom stereocenters. The van der Waals surface area contributed by atoms with Crippen LogP contribution < -0.4 is 5.32 Å². The molecule has 0 spiro atoms. The SMILES string of the molecule is Cc1cccc(C(=O)N(CC2CCCNC2)C(C)C)c1Br. The molecule has 4 heteroatoms. The number of hydrogen-bond acceptors (Lipinski definition) is 2. The fourth-order valence-corrected chi connectivity index (χ4v) is 3.29. The fourth-order valence-electron chi connectivity index (χ4n) is 2.85. The first-order valence-electron chi connectivity index (χ1n) is 7.77. The Morgan fingerprint density at radius 1 is 1.48 bits per heavy atom. The molecule has 1 amide bonds. The van der Waals surface area contributed by atoms with Crippen molar-refractivity contribution in [1.29, 1.82) is 0 Å². The van der Waals surface area contributed by atoms with Crippen LogP contribution in [0.25, 0.3) is 0 Å². The molecule has 1 aromatic rings. The van der Waals surface area contributed by atoms with Gasteiger partial charge in [0.05, 0.1) is 5.56 Å². The molecule has 1 fully saturated rings. The Bertz CT molecular complexity index is 496. The summed E-state index contributed by atoms with van der Waals surface area (Å²) in [7, 11) is 0. The minimum absolute atomic E-state index is 0.131. The Morgan fingerprint density at radius 3 is 2.86 bits per heavy atom. The van der Waals surface area contributed by atoms with Gasteiger partial charge in [-0.15, -0.1) is 0 Å². The average molecular weight is 353 g/mol. The van der Waals surface area contributed by atoms with Gasteiger partial charge in [-0.2, -0.15) is 0 Å². The van der Waals surface area contributed by atoms with Gasteiger partial charge >= 0.3 is 0 Å². The predicted octanol–water partition coefficient (Wildman–Crippen LogP) is 3.61. The fraction of sp³-hybridized carbons (Fsp3) is 0.588. The lowest BCUT2D eigenvalue weighted by Crippen LogP contribution is -2.44. The molecule has 0 bridgehead atoms. The lowest BCUT2D eigenvalue weighted by molar-refractivity contribution is 0.0660. The van der Waals surface area contributed by atoms with Crippen molar-refractivity contribution in [3.05, 3.63) is 33.8 Å². The molecule has 0 aliphatic carbocycles. The lowest BCUT2D eigenvalue weighted by atomic mass is 9.98. The summed E-state index contributed by atoms with van der Waals surface area (Å²) in [5.41, 5.74) is 1.87. The molecule has 1 aromatic carbocycles. The maximum absolute atomic E-state index is 12.9. The molecule has 1 unspecified atom stereocenters. The van der Waals surface area contributed by atoms with Crippen molar-refractivity contribution in [1.82, 2.24) is 10.2 Å². The van der Waals surface area contributed by atoms with Crippen molar-refractivity contribution in [2.45, 2.75) is 39.7 Å². The van der Waals surface area contributed by atoms with Crippen LogP contribution in [0.3, 0.4) is 0 Å². The largest absolute Gasteiger partial charge is 0.336 e. The third-order valence-corrected chi connectivity index (χ3v) is 5.21. The summed E-state index contributed by atoms with van der Waals surface area (Å²) in [6.07, 6.45) is 2.41. The number of hydrogen-bond donors (Lipinski definition) is 1. The van der Waals surface area contributed by atoms with Crippen molar-refractivity contribution < 1.29 is 4.79 Å². The first-order chi connectivity index (χ1) is 10.0. The van der Waals surface area contributed by atoms with Crippen LogP contribution in [0.15, 0.2) is 22.7 Å². The van der Waals surface area contributed by atoms with E-state index in [0.717, 1.165) is 35.2 Å². The molecular weight excluding hydrogens is 328 g/mol. The molecule has 1 N–H and O–H groups in total. The van der Waals surface area contributed by atoms with Gasteiger partial charge in [-0.05, 0) is 80.2 Å². The topological polar surface area (TPSA) is 32.3 Å². The maximum atomic E-state index is 12.9. The molecule has 0 aromatic heterocycles. The zero-order valence-electron chi connectivity index (χ0n) is 13.2. The molecule has 1 saturated heterocycles. The van der Waals surface area contributed by atoms with Crippen molar-refractivity contribution in [3.63, 3.8) is 0 Å². The molecule has 2 rings (SSSR count). The second-order valence-corrected chi connectivity index (χ2v) is 6.99. The monoisotopic (exact) mass is 352 g/mol. The van der Waals surface area contributed by atoms with Gasteiger partial charge in [0.1, 0.15) is 0 Å². The summed E-state index contributed by atoms with van der Waals surface area (Å²) < 4.78 is 0.919. The van der Waals surface area contributed by atoms with Crippen LogP contribution >= 0.6 is 15.9 Å². The van der Waals surface area contributed by atoms with E-state index in [1.54, 1.807) is 0 Å². The maximum Gasteiger partial charge on any atom is 0.255 e. The summed E-state index contributed by atoms with van der Waals surface area (Å²) in [6.45, 7) is 9.17. The predicted molar refractivity (Wildman–Crippen MR) is 90.6 cm³/mol. The van der Waals surface area contributed by atoms with E-state index in [-0.39, 0.29) is 11.9 Å². The van der Waals surface area contributed by atoms with E-state index in [4.69, 9.17) is 0 Å². The van der Waals surface area contributed by atoms with Crippen LogP contribution in [0.4, 0.5) is 0 Å². The summed E-state index contributed by atoms with van der Waals surface area (Å²) in [5, 5.41) is 3.43. The first-order valence-corrected chi connectivity index (χ1v) is 8.56. The number of nitrogens with zero attached hydrogens (tertiary/aromatic N) is 1. The molecule has 0 saturated carbocycles. The Balaban J connectivity index is 2.17. The molecule has 1 aliphatic heterocycles. The van der Waals surface area contributed by atoms with Gasteiger partial charge in [0.2, 0.25) is 0 Å². The van der Waals surface area contributed by atoms with Crippen LogP contribution in [0.5, 0.6) is 0 Å². The summed E-state index contributed by atoms with van der Waals surface area (Å²) in [6, 6.07) is 6.10. The quantitative estimate of drug-likeness (QED) is 0.897. The van der Waals surface area contributed by atoms with Crippen LogP contribution in [0, 0.1) is 12.8 Å². The third kappa shape index (κ3) is 4.07. The molecule has 116 valence electrons. The average Bonchev–Trinajstić information content (AvgIpc) is 2.48. The van der Waals surface area contributed by atoms with Gasteiger partial charge in [0.25, 0.3) is 5.91 Å². The Labute approximate surface area is 136 Å². The van der Waals surface area contributed by atoms with Gasteiger partial charge in [-0.1, -0.05) is 12.1 Å². The third-order valence-electron chi connectivity index (χ3n) is 4.16. The van der Waals surface area contributed by atoms with Crippen molar-refractivity contribution in [3.8, 4) is 0 Å². The van der Waals surface area contributed by atoms with Crippen molar-refractivity contribution in [2.75, 3.05) is 19.6 Å². The highest BCUT2D eigenvalue weighted by Gasteiger charge is 2.25. The van der Waals surface area contributed by atoms with Crippen LogP contribution in [-0.4, -0.2) is 36.5 Å². The zero-order chi connectivity index (χ0) is 15.4. The minimum atomic E-state index is 0.131. The number of nitrogens with one attached hydrogen (secondary N) is 1. The smallest absolute Gasteiger partial charge is 0.255 e. The van der Waals surface area contributed by atoms with Crippen LogP contribution in [-0.2, 0) is 0 Å². The van der Waals surface area contributed by atoms with E-state index in [2.05, 4.69) is 35.1 Å². The van der Waals surface area contributed by atoms with E-state index >= 15 is 0 Å². The number of amides is 1. The van der Waals surface area contributed by atoms with E-state index in [1.165, 1.54) is 12.8 Å². The number of benzene rings is 1. The lowest BCUT2D eigenvalue weighted by Gasteiger charge is -2.33. The molecule has 1 heterocycles. The van der Waals surface area contributed by atoms with E-state index in [0.29, 0.717) is 5.92 Å². The normalized spacial score (nSPS) is 18.8. The second-order valence-electron chi connectivity index (χ2n) is 6.20. The Morgan fingerprint density at radius 2 is 2.24 bits per heavy atom. The highest BCUT2D eigenvalue weighted by Crippen LogP contribution is 2.24. The van der Waals surface area contributed by atoms with Crippen molar-refractivity contribution in [2.24, 2.45) is 5.92 Å². The van der Waals surface area contributed by atoms with Gasteiger partial charge < -0.3 is 10.2 Å². The zero-order valence-corrected chi connectivity index (χ0v) is 14.7. The second kappa shape index (κ2) is 7.41. The summed E-state index contributed by atoms with van der Waals surface area (Å²) in [4.78, 5) is 14.9. The van der Waals surface area contributed by atoms with E-state index in [1.807, 2.05) is 30.0 Å². The number of carbonyl (C=O) groups excluding carboxylic acids is 1. The van der Waals surface area contributed by atoms with E-state index < -0.39 is 0 Å². The van der Waals surface area contributed by atoms with Crippen LogP contribution in [0.2, 0.25) is 0 Å². The number of halogens is 1. The van der Waals surface area contributed by atoms with Crippen LogP contribution in [0.1, 0.15) is 42.6 Å². The first kappa shape index (κ1) is 16.5. The Kier molecular flexibility index (Phi) is 5.82. The summed E-state index contributed by atoms with van der Waals surface area (Å²) in [5.74, 6) is 0.694.